The van der Waals surface area contributed by atoms with Crippen LogP contribution in [0.2, 0.25) is 0 Å². The van der Waals surface area contributed by atoms with Gasteiger partial charge in [-0.3, -0.25) is 4.98 Å². The molecule has 1 unspecified atom stereocenters. The normalized spacial score (nSPS) is 16.1. The molecule has 1 atom stereocenters. The number of ether oxygens (including phenoxy) is 1. The molecule has 1 N–H and O–H groups in total. The van der Waals surface area contributed by atoms with Crippen molar-refractivity contribution < 1.29 is 4.74 Å². The van der Waals surface area contributed by atoms with Crippen molar-refractivity contribution in [3.63, 3.8) is 0 Å². The van der Waals surface area contributed by atoms with Gasteiger partial charge in [0.05, 0.1) is 5.41 Å². The number of amidine groups is 2. The van der Waals surface area contributed by atoms with E-state index in [4.69, 9.17) is 14.7 Å². The smallest absolute Gasteiger partial charge is 0.170 e. The van der Waals surface area contributed by atoms with Crippen LogP contribution in [0.25, 0.3) is 22.3 Å². The molecule has 0 bridgehead atoms. The third kappa shape index (κ3) is 4.23. The fourth-order valence-electron chi connectivity index (χ4n) is 7.98. The maximum atomic E-state index is 6.82. The summed E-state index contributed by atoms with van der Waals surface area (Å²) in [6, 6.07) is 57.2. The van der Waals surface area contributed by atoms with Gasteiger partial charge in [0, 0.05) is 28.5 Å². The molecule has 1 aliphatic carbocycles. The summed E-state index contributed by atoms with van der Waals surface area (Å²) in [6.07, 6.45) is 1.30. The summed E-state index contributed by atoms with van der Waals surface area (Å²) in [7, 11) is 0. The number of hydrogen-bond donors (Lipinski definition) is 1. The molecule has 10 rings (SSSR count). The van der Waals surface area contributed by atoms with Crippen LogP contribution in [0.1, 0.15) is 45.2 Å². The van der Waals surface area contributed by atoms with Crippen LogP contribution in [0.4, 0.5) is 0 Å². The van der Waals surface area contributed by atoms with Crippen LogP contribution in [0.15, 0.2) is 180 Å². The Morgan fingerprint density at radius 3 is 1.86 bits per heavy atom. The van der Waals surface area contributed by atoms with E-state index in [1.165, 1.54) is 22.3 Å². The van der Waals surface area contributed by atoms with Crippen LogP contribution in [0.5, 0.6) is 11.5 Å². The SMILES string of the molecule is c1ccc(C2=NC(c3ccccc3-c3ccc4c(c3)Oc3ccccc3C43c4ccccc4-c4ccccc43)N=C(c3ccccn3)N2)cc1. The van der Waals surface area contributed by atoms with Gasteiger partial charge in [0.15, 0.2) is 12.0 Å². The van der Waals surface area contributed by atoms with Gasteiger partial charge in [-0.25, -0.2) is 9.98 Å². The van der Waals surface area contributed by atoms with Crippen molar-refractivity contribution in [3.05, 3.63) is 209 Å². The highest BCUT2D eigenvalue weighted by Crippen LogP contribution is 2.62. The molecule has 0 amide bonds. The molecule has 236 valence electrons. The number of aromatic nitrogens is 1. The number of benzene rings is 6. The zero-order chi connectivity index (χ0) is 33.1. The average molecular weight is 643 g/mol. The first-order valence-corrected chi connectivity index (χ1v) is 16.9. The number of aliphatic imine (C=N–C) groups is 2. The van der Waals surface area contributed by atoms with Crippen molar-refractivity contribution in [3.8, 4) is 33.8 Å². The Hall–Kier alpha value is -6.59. The van der Waals surface area contributed by atoms with Crippen molar-refractivity contribution in [1.29, 1.82) is 0 Å². The molecule has 50 heavy (non-hydrogen) atoms. The van der Waals surface area contributed by atoms with Crippen LogP contribution in [-0.4, -0.2) is 16.7 Å². The molecule has 5 nitrogen and oxygen atoms in total. The lowest BCUT2D eigenvalue weighted by molar-refractivity contribution is 0.436. The third-order valence-corrected chi connectivity index (χ3v) is 10.1. The van der Waals surface area contributed by atoms with Gasteiger partial charge in [0.25, 0.3) is 0 Å². The van der Waals surface area contributed by atoms with Gasteiger partial charge in [-0.2, -0.15) is 0 Å². The Kier molecular flexibility index (Phi) is 6.39. The van der Waals surface area contributed by atoms with Crippen LogP contribution in [-0.2, 0) is 5.41 Å². The van der Waals surface area contributed by atoms with Crippen molar-refractivity contribution >= 4 is 11.7 Å². The maximum Gasteiger partial charge on any atom is 0.170 e. The van der Waals surface area contributed by atoms with Gasteiger partial charge >= 0.3 is 0 Å². The molecule has 1 spiro atoms. The van der Waals surface area contributed by atoms with E-state index in [0.717, 1.165) is 56.4 Å². The summed E-state index contributed by atoms with van der Waals surface area (Å²) < 4.78 is 6.82. The van der Waals surface area contributed by atoms with Crippen molar-refractivity contribution in [2.24, 2.45) is 9.98 Å². The largest absolute Gasteiger partial charge is 0.457 e. The van der Waals surface area contributed by atoms with Gasteiger partial charge in [-0.1, -0.05) is 140 Å². The Bertz CT molecular complexity index is 2400. The third-order valence-electron chi connectivity index (χ3n) is 10.1. The first-order chi connectivity index (χ1) is 24.8. The van der Waals surface area contributed by atoms with Crippen LogP contribution < -0.4 is 10.1 Å². The molecule has 7 aromatic rings. The topological polar surface area (TPSA) is 58.9 Å². The fraction of sp³-hybridized carbons (Fsp3) is 0.0444. The molecule has 2 aliphatic heterocycles. The van der Waals surface area contributed by atoms with E-state index in [2.05, 4.69) is 138 Å². The number of fused-ring (bicyclic) bond motifs is 9. The highest BCUT2D eigenvalue weighted by Gasteiger charge is 2.50. The number of nitrogens with one attached hydrogen (secondary N) is 1. The molecule has 0 saturated carbocycles. The summed E-state index contributed by atoms with van der Waals surface area (Å²) in [6.45, 7) is 0. The number of nitrogens with zero attached hydrogens (tertiary/aromatic N) is 3. The number of para-hydroxylation sites is 1. The van der Waals surface area contributed by atoms with Gasteiger partial charge in [-0.05, 0) is 57.6 Å². The van der Waals surface area contributed by atoms with E-state index in [-0.39, 0.29) is 0 Å². The summed E-state index contributed by atoms with van der Waals surface area (Å²) >= 11 is 0. The highest BCUT2D eigenvalue weighted by molar-refractivity contribution is 6.15. The maximum absolute atomic E-state index is 6.82. The van der Waals surface area contributed by atoms with E-state index in [1.54, 1.807) is 6.20 Å². The zero-order valence-corrected chi connectivity index (χ0v) is 27.0. The van der Waals surface area contributed by atoms with Gasteiger partial charge in [0.1, 0.15) is 23.0 Å². The second-order valence-electron chi connectivity index (χ2n) is 12.8. The fourth-order valence-corrected chi connectivity index (χ4v) is 7.98. The molecule has 6 aromatic carbocycles. The average Bonchev–Trinajstić information content (AvgIpc) is 3.49. The van der Waals surface area contributed by atoms with E-state index in [1.807, 2.05) is 36.4 Å². The molecule has 0 radical (unpaired) electrons. The molecule has 5 heteroatoms. The monoisotopic (exact) mass is 642 g/mol. The van der Waals surface area contributed by atoms with Crippen molar-refractivity contribution in [2.75, 3.05) is 0 Å². The summed E-state index contributed by atoms with van der Waals surface area (Å²) in [5.41, 5.74) is 11.7. The summed E-state index contributed by atoms with van der Waals surface area (Å²) in [5.74, 6) is 3.16. The highest BCUT2D eigenvalue weighted by atomic mass is 16.5. The first-order valence-electron chi connectivity index (χ1n) is 16.9. The number of pyridine rings is 1. The molecular formula is C45H30N4O. The minimum absolute atomic E-state index is 0.489. The minimum Gasteiger partial charge on any atom is -0.457 e. The molecule has 0 fully saturated rings. The van der Waals surface area contributed by atoms with E-state index < -0.39 is 11.6 Å². The lowest BCUT2D eigenvalue weighted by Gasteiger charge is -2.39. The van der Waals surface area contributed by atoms with Crippen LogP contribution in [0, 0.1) is 0 Å². The Morgan fingerprint density at radius 1 is 0.480 bits per heavy atom. The first kappa shape index (κ1) is 28.4. The second kappa shape index (κ2) is 11.2. The van der Waals surface area contributed by atoms with E-state index in [9.17, 15) is 0 Å². The molecule has 0 saturated heterocycles. The summed E-state index contributed by atoms with van der Waals surface area (Å²) in [5, 5.41) is 3.46. The van der Waals surface area contributed by atoms with Crippen LogP contribution >= 0.6 is 0 Å². The molecule has 3 heterocycles. The predicted octanol–water partition coefficient (Wildman–Crippen LogP) is 9.71. The molecule has 3 aliphatic rings. The van der Waals surface area contributed by atoms with Gasteiger partial charge < -0.3 is 10.1 Å². The Morgan fingerprint density at radius 2 is 1.10 bits per heavy atom. The minimum atomic E-state index is -0.499. The van der Waals surface area contributed by atoms with Crippen LogP contribution in [0.3, 0.4) is 0 Å². The molecule has 1 aromatic heterocycles. The Labute approximate surface area is 290 Å². The second-order valence-corrected chi connectivity index (χ2v) is 12.8. The summed E-state index contributed by atoms with van der Waals surface area (Å²) in [4.78, 5) is 14.9. The standard InChI is InChI=1S/C45H30N4O/c1-2-14-29(15-3-1)42-47-43(49-44(48-42)39-23-12-13-27-46-39)34-19-5-4-16-31(34)30-25-26-38-41(28-30)50-40-24-11-10-22-37(40)45(38)35-20-8-6-17-32(35)33-18-7-9-21-36(33)45/h1-28,43H,(H,47,48,49). The number of hydrogen-bond acceptors (Lipinski definition) is 5. The molecular weight excluding hydrogens is 613 g/mol. The lowest BCUT2D eigenvalue weighted by Crippen LogP contribution is -2.36. The predicted molar refractivity (Wildman–Crippen MR) is 199 cm³/mol. The van der Waals surface area contributed by atoms with Gasteiger partial charge in [-0.15, -0.1) is 0 Å². The van der Waals surface area contributed by atoms with Crippen molar-refractivity contribution in [1.82, 2.24) is 10.3 Å². The van der Waals surface area contributed by atoms with E-state index in [0.29, 0.717) is 5.84 Å². The quantitative estimate of drug-likeness (QED) is 0.208. The number of rotatable bonds is 4. The zero-order valence-electron chi connectivity index (χ0n) is 27.0. The van der Waals surface area contributed by atoms with E-state index >= 15 is 0 Å². The lowest BCUT2D eigenvalue weighted by atomic mass is 9.66. The van der Waals surface area contributed by atoms with Gasteiger partial charge in [0.2, 0.25) is 0 Å². The van der Waals surface area contributed by atoms with Crippen molar-refractivity contribution in [2.45, 2.75) is 11.6 Å². The Balaban J connectivity index is 1.15.